The van der Waals surface area contributed by atoms with Gasteiger partial charge in [0.25, 0.3) is 0 Å². The van der Waals surface area contributed by atoms with Gasteiger partial charge in [0.05, 0.1) is 0 Å². The van der Waals surface area contributed by atoms with E-state index in [4.69, 9.17) is 5.73 Å². The van der Waals surface area contributed by atoms with Crippen LogP contribution in [0, 0.1) is 0 Å². The third kappa shape index (κ3) is 3.47. The number of hydrogen-bond acceptors (Lipinski definition) is 2. The van der Waals surface area contributed by atoms with Crippen molar-refractivity contribution in [2.45, 2.75) is 38.5 Å². The van der Waals surface area contributed by atoms with E-state index in [2.05, 4.69) is 24.0 Å². The topological polar surface area (TPSA) is 29.3 Å². The predicted octanol–water partition coefficient (Wildman–Crippen LogP) is 3.25. The van der Waals surface area contributed by atoms with Gasteiger partial charge in [-0.15, -0.1) is 0 Å². The maximum absolute atomic E-state index is 5.72. The third-order valence-electron chi connectivity index (χ3n) is 3.82. The van der Waals surface area contributed by atoms with E-state index >= 15 is 0 Å². The number of rotatable bonds is 4. The number of unbranched alkanes of at least 4 members (excludes halogenated alkanes) is 1. The highest BCUT2D eigenvalue weighted by Crippen LogP contribution is 2.28. The van der Waals surface area contributed by atoms with Crippen LogP contribution in [0.4, 0.5) is 5.69 Å². The second-order valence-electron chi connectivity index (χ2n) is 5.14. The molecule has 2 rings (SSSR count). The molecule has 17 heavy (non-hydrogen) atoms. The number of anilines is 1. The summed E-state index contributed by atoms with van der Waals surface area (Å²) in [4.78, 5) is 2.61. The van der Waals surface area contributed by atoms with Crippen molar-refractivity contribution in [3.05, 3.63) is 29.8 Å². The van der Waals surface area contributed by atoms with Crippen molar-refractivity contribution in [2.24, 2.45) is 0 Å². The molecular formula is C15H24N2. The van der Waals surface area contributed by atoms with Crippen LogP contribution in [-0.2, 0) is 0 Å². The van der Waals surface area contributed by atoms with Crippen LogP contribution in [0.5, 0.6) is 0 Å². The van der Waals surface area contributed by atoms with Gasteiger partial charge in [-0.1, -0.05) is 25.5 Å². The Morgan fingerprint density at radius 2 is 1.82 bits per heavy atom. The summed E-state index contributed by atoms with van der Waals surface area (Å²) in [5, 5.41) is 0. The highest BCUT2D eigenvalue weighted by Gasteiger charge is 2.19. The number of hydrogen-bond donors (Lipinski definition) is 1. The zero-order valence-corrected chi connectivity index (χ0v) is 10.9. The van der Waals surface area contributed by atoms with Crippen LogP contribution >= 0.6 is 0 Å². The molecule has 0 bridgehead atoms. The van der Waals surface area contributed by atoms with E-state index in [0.29, 0.717) is 0 Å². The third-order valence-corrected chi connectivity index (χ3v) is 3.82. The lowest BCUT2D eigenvalue weighted by atomic mass is 9.89. The van der Waals surface area contributed by atoms with Crippen molar-refractivity contribution in [3.63, 3.8) is 0 Å². The monoisotopic (exact) mass is 232 g/mol. The second kappa shape index (κ2) is 6.06. The van der Waals surface area contributed by atoms with E-state index in [-0.39, 0.29) is 0 Å². The first-order valence-electron chi connectivity index (χ1n) is 6.87. The number of piperidine rings is 1. The van der Waals surface area contributed by atoms with Gasteiger partial charge < -0.3 is 10.6 Å². The normalized spacial score (nSPS) is 18.4. The average Bonchev–Trinajstić information content (AvgIpc) is 2.38. The molecule has 0 amide bonds. The number of likely N-dealkylation sites (tertiary alicyclic amines) is 1. The van der Waals surface area contributed by atoms with Crippen LogP contribution in [0.2, 0.25) is 0 Å². The first-order valence-corrected chi connectivity index (χ1v) is 6.87. The van der Waals surface area contributed by atoms with Gasteiger partial charge in [-0.2, -0.15) is 0 Å². The maximum Gasteiger partial charge on any atom is 0.0314 e. The van der Waals surface area contributed by atoms with Crippen molar-refractivity contribution < 1.29 is 0 Å². The van der Waals surface area contributed by atoms with E-state index in [1.165, 1.54) is 50.9 Å². The van der Waals surface area contributed by atoms with Crippen molar-refractivity contribution in [3.8, 4) is 0 Å². The van der Waals surface area contributed by atoms with Gasteiger partial charge in [0, 0.05) is 5.69 Å². The maximum atomic E-state index is 5.72. The average molecular weight is 232 g/mol. The summed E-state index contributed by atoms with van der Waals surface area (Å²) in [5.74, 6) is 0.744. The van der Waals surface area contributed by atoms with Crippen LogP contribution in [-0.4, -0.2) is 24.5 Å². The van der Waals surface area contributed by atoms with Gasteiger partial charge in [0.15, 0.2) is 0 Å². The standard InChI is InChI=1S/C15H24N2/c1-2-3-10-17-11-8-14(9-12-17)13-4-6-15(16)7-5-13/h4-7,14H,2-3,8-12,16H2,1H3. The Morgan fingerprint density at radius 1 is 1.18 bits per heavy atom. The van der Waals surface area contributed by atoms with Gasteiger partial charge in [0.1, 0.15) is 0 Å². The lowest BCUT2D eigenvalue weighted by Crippen LogP contribution is -2.33. The molecular weight excluding hydrogens is 208 g/mol. The Hall–Kier alpha value is -1.02. The smallest absolute Gasteiger partial charge is 0.0314 e. The van der Waals surface area contributed by atoms with E-state index in [1.54, 1.807) is 0 Å². The molecule has 0 radical (unpaired) electrons. The van der Waals surface area contributed by atoms with Gasteiger partial charge in [0.2, 0.25) is 0 Å². The summed E-state index contributed by atoms with van der Waals surface area (Å²) in [7, 11) is 0. The summed E-state index contributed by atoms with van der Waals surface area (Å²) in [6, 6.07) is 8.45. The Bertz CT molecular complexity index is 323. The molecule has 1 aromatic carbocycles. The summed E-state index contributed by atoms with van der Waals surface area (Å²) < 4.78 is 0. The van der Waals surface area contributed by atoms with Crippen LogP contribution in [0.25, 0.3) is 0 Å². The molecule has 1 aromatic rings. The van der Waals surface area contributed by atoms with Crippen molar-refractivity contribution in [1.82, 2.24) is 4.90 Å². The molecule has 2 N–H and O–H groups in total. The molecule has 94 valence electrons. The Balaban J connectivity index is 1.84. The molecule has 1 saturated heterocycles. The zero-order chi connectivity index (χ0) is 12.1. The van der Waals surface area contributed by atoms with Gasteiger partial charge in [-0.25, -0.2) is 0 Å². The van der Waals surface area contributed by atoms with E-state index in [1.807, 2.05) is 12.1 Å². The van der Waals surface area contributed by atoms with Gasteiger partial charge in [-0.05, 0) is 62.5 Å². The van der Waals surface area contributed by atoms with Crippen molar-refractivity contribution in [2.75, 3.05) is 25.4 Å². The molecule has 0 saturated carbocycles. The summed E-state index contributed by atoms with van der Waals surface area (Å²) in [6.07, 6.45) is 5.24. The van der Waals surface area contributed by atoms with Gasteiger partial charge in [-0.3, -0.25) is 0 Å². The molecule has 0 spiro atoms. The van der Waals surface area contributed by atoms with E-state index in [9.17, 15) is 0 Å². The van der Waals surface area contributed by atoms with Crippen molar-refractivity contribution in [1.29, 1.82) is 0 Å². The Morgan fingerprint density at radius 3 is 2.41 bits per heavy atom. The highest BCUT2D eigenvalue weighted by atomic mass is 15.1. The van der Waals surface area contributed by atoms with Crippen LogP contribution in [0.1, 0.15) is 44.1 Å². The zero-order valence-electron chi connectivity index (χ0n) is 10.9. The van der Waals surface area contributed by atoms with E-state index < -0.39 is 0 Å². The minimum Gasteiger partial charge on any atom is -0.399 e. The first kappa shape index (κ1) is 12.4. The minimum atomic E-state index is 0.744. The molecule has 0 aliphatic carbocycles. The molecule has 1 aliphatic heterocycles. The predicted molar refractivity (Wildman–Crippen MR) is 74.2 cm³/mol. The summed E-state index contributed by atoms with van der Waals surface area (Å²) >= 11 is 0. The fraction of sp³-hybridized carbons (Fsp3) is 0.600. The first-order chi connectivity index (χ1) is 8.29. The Kier molecular flexibility index (Phi) is 4.43. The van der Waals surface area contributed by atoms with Gasteiger partial charge >= 0.3 is 0 Å². The fourth-order valence-electron chi connectivity index (χ4n) is 2.64. The SMILES string of the molecule is CCCCN1CCC(c2ccc(N)cc2)CC1. The summed E-state index contributed by atoms with van der Waals surface area (Å²) in [5.41, 5.74) is 8.06. The van der Waals surface area contributed by atoms with Crippen LogP contribution < -0.4 is 5.73 Å². The number of nitrogen functional groups attached to an aromatic ring is 1. The summed E-state index contributed by atoms with van der Waals surface area (Å²) in [6.45, 7) is 6.07. The molecule has 0 atom stereocenters. The quantitative estimate of drug-likeness (QED) is 0.807. The minimum absolute atomic E-state index is 0.744. The van der Waals surface area contributed by atoms with Crippen molar-refractivity contribution >= 4 is 5.69 Å². The molecule has 1 aliphatic rings. The molecule has 1 fully saturated rings. The van der Waals surface area contributed by atoms with E-state index in [0.717, 1.165) is 11.6 Å². The molecule has 0 unspecified atom stereocenters. The number of nitrogens with zero attached hydrogens (tertiary/aromatic N) is 1. The molecule has 2 heteroatoms. The molecule has 2 nitrogen and oxygen atoms in total. The fourth-order valence-corrected chi connectivity index (χ4v) is 2.64. The number of benzene rings is 1. The number of nitrogens with two attached hydrogens (primary N) is 1. The molecule has 0 aromatic heterocycles. The lowest BCUT2D eigenvalue weighted by molar-refractivity contribution is 0.209. The highest BCUT2D eigenvalue weighted by molar-refractivity contribution is 5.40. The molecule has 1 heterocycles. The Labute approximate surface area is 105 Å². The van der Waals surface area contributed by atoms with Crippen LogP contribution in [0.15, 0.2) is 24.3 Å². The van der Waals surface area contributed by atoms with Crippen LogP contribution in [0.3, 0.4) is 0 Å². The lowest BCUT2D eigenvalue weighted by Gasteiger charge is -2.32. The largest absolute Gasteiger partial charge is 0.399 e. The second-order valence-corrected chi connectivity index (χ2v) is 5.14.